The van der Waals surface area contributed by atoms with Crippen molar-refractivity contribution < 1.29 is 9.47 Å². The quantitative estimate of drug-likeness (QED) is 0.768. The average molecular weight is 224 g/mol. The van der Waals surface area contributed by atoms with Crippen LogP contribution in [0.25, 0.3) is 0 Å². The van der Waals surface area contributed by atoms with Gasteiger partial charge in [0.1, 0.15) is 11.2 Å². The van der Waals surface area contributed by atoms with Crippen LogP contribution in [0.4, 0.5) is 0 Å². The lowest BCUT2D eigenvalue weighted by Crippen LogP contribution is -2.37. The molecule has 0 bridgehead atoms. The highest BCUT2D eigenvalue weighted by atomic mass is 32.1. The lowest BCUT2D eigenvalue weighted by atomic mass is 9.94. The highest BCUT2D eigenvalue weighted by Gasteiger charge is 2.40. The summed E-state index contributed by atoms with van der Waals surface area (Å²) in [6.07, 6.45) is 2.29. The predicted octanol–water partition coefficient (Wildman–Crippen LogP) is 3.02. The third-order valence-corrected chi connectivity index (χ3v) is 5.22. The molecule has 0 saturated carbocycles. The van der Waals surface area contributed by atoms with E-state index in [2.05, 4.69) is 26.0 Å². The Morgan fingerprint density at radius 2 is 1.40 bits per heavy atom. The van der Waals surface area contributed by atoms with Crippen LogP contribution in [0.3, 0.4) is 0 Å². The lowest BCUT2D eigenvalue weighted by Gasteiger charge is -2.39. The van der Waals surface area contributed by atoms with Crippen LogP contribution in [0.15, 0.2) is 12.1 Å². The van der Waals surface area contributed by atoms with E-state index in [0.717, 1.165) is 26.1 Å². The van der Waals surface area contributed by atoms with Gasteiger partial charge in [-0.15, -0.1) is 11.3 Å². The Hall–Kier alpha value is -0.380. The molecule has 2 saturated heterocycles. The van der Waals surface area contributed by atoms with Crippen molar-refractivity contribution in [2.45, 2.75) is 37.9 Å². The fraction of sp³-hybridized carbons (Fsp3) is 0.667. The van der Waals surface area contributed by atoms with Crippen molar-refractivity contribution in [3.8, 4) is 0 Å². The van der Waals surface area contributed by atoms with Crippen molar-refractivity contribution >= 4 is 11.3 Å². The Balaban J connectivity index is 1.87. The summed E-state index contributed by atoms with van der Waals surface area (Å²) >= 11 is 1.85. The first-order valence-electron chi connectivity index (χ1n) is 5.51. The molecule has 3 heteroatoms. The lowest BCUT2D eigenvalue weighted by molar-refractivity contribution is -0.139. The Labute approximate surface area is 94.2 Å². The number of ether oxygens (including phenoxy) is 2. The molecule has 15 heavy (non-hydrogen) atoms. The summed E-state index contributed by atoms with van der Waals surface area (Å²) in [5.41, 5.74) is -0.0218. The molecule has 3 heterocycles. The molecule has 2 atom stereocenters. The molecule has 1 aromatic heterocycles. The van der Waals surface area contributed by atoms with Crippen molar-refractivity contribution in [1.82, 2.24) is 0 Å². The van der Waals surface area contributed by atoms with Crippen molar-refractivity contribution in [3.05, 3.63) is 21.9 Å². The van der Waals surface area contributed by atoms with E-state index in [-0.39, 0.29) is 11.2 Å². The zero-order chi connectivity index (χ0) is 10.5. The van der Waals surface area contributed by atoms with Crippen molar-refractivity contribution in [3.63, 3.8) is 0 Å². The molecular formula is C12H16O2S. The van der Waals surface area contributed by atoms with Gasteiger partial charge in [-0.05, 0) is 26.0 Å². The number of hydrogen-bond acceptors (Lipinski definition) is 3. The molecule has 0 aromatic carbocycles. The van der Waals surface area contributed by atoms with E-state index in [9.17, 15) is 0 Å². The van der Waals surface area contributed by atoms with Gasteiger partial charge in [0, 0.05) is 22.6 Å². The second-order valence-corrected chi connectivity index (χ2v) is 5.91. The highest BCUT2D eigenvalue weighted by molar-refractivity contribution is 7.12. The molecule has 0 aliphatic carbocycles. The predicted molar refractivity (Wildman–Crippen MR) is 60.2 cm³/mol. The second-order valence-electron chi connectivity index (χ2n) is 4.82. The third kappa shape index (κ3) is 1.37. The van der Waals surface area contributed by atoms with Gasteiger partial charge in [0.05, 0.1) is 13.2 Å². The van der Waals surface area contributed by atoms with E-state index in [1.54, 1.807) is 0 Å². The van der Waals surface area contributed by atoms with Gasteiger partial charge in [-0.3, -0.25) is 0 Å². The zero-order valence-corrected chi connectivity index (χ0v) is 10.0. The summed E-state index contributed by atoms with van der Waals surface area (Å²) in [6.45, 7) is 6.15. The number of thiophene rings is 1. The van der Waals surface area contributed by atoms with E-state index < -0.39 is 0 Å². The van der Waals surface area contributed by atoms with Gasteiger partial charge >= 0.3 is 0 Å². The summed E-state index contributed by atoms with van der Waals surface area (Å²) in [5.74, 6) is 0. The molecule has 2 aliphatic rings. The van der Waals surface area contributed by atoms with Crippen LogP contribution in [0.1, 0.15) is 36.4 Å². The van der Waals surface area contributed by atoms with Crippen molar-refractivity contribution in [2.75, 3.05) is 13.2 Å². The first-order chi connectivity index (χ1) is 7.12. The van der Waals surface area contributed by atoms with Crippen LogP contribution in [0.2, 0.25) is 0 Å². The molecule has 2 fully saturated rings. The van der Waals surface area contributed by atoms with Crippen molar-refractivity contribution in [1.29, 1.82) is 0 Å². The Morgan fingerprint density at radius 1 is 1.00 bits per heavy atom. The molecular weight excluding hydrogens is 208 g/mol. The SMILES string of the molecule is CC1(c2ccc(C3(C)CCO3)s2)CCO1. The summed E-state index contributed by atoms with van der Waals surface area (Å²) in [6, 6.07) is 4.40. The fourth-order valence-electron chi connectivity index (χ4n) is 2.11. The maximum absolute atomic E-state index is 5.65. The molecule has 2 nitrogen and oxygen atoms in total. The first kappa shape index (κ1) is 9.82. The topological polar surface area (TPSA) is 18.5 Å². The van der Waals surface area contributed by atoms with Crippen LogP contribution in [0, 0.1) is 0 Å². The van der Waals surface area contributed by atoms with Crippen LogP contribution in [0.5, 0.6) is 0 Å². The minimum absolute atomic E-state index is 0.0109. The third-order valence-electron chi connectivity index (χ3n) is 3.65. The van der Waals surface area contributed by atoms with E-state index >= 15 is 0 Å². The molecule has 0 amide bonds. The van der Waals surface area contributed by atoms with E-state index in [0.29, 0.717) is 0 Å². The second kappa shape index (κ2) is 3.06. The maximum Gasteiger partial charge on any atom is 0.102 e. The largest absolute Gasteiger partial charge is 0.370 e. The van der Waals surface area contributed by atoms with Gasteiger partial charge in [-0.2, -0.15) is 0 Å². The van der Waals surface area contributed by atoms with Crippen molar-refractivity contribution in [2.24, 2.45) is 0 Å². The molecule has 1 aromatic rings. The van der Waals surface area contributed by atoms with Crippen LogP contribution in [-0.4, -0.2) is 13.2 Å². The van der Waals surface area contributed by atoms with Gasteiger partial charge in [0.2, 0.25) is 0 Å². The van der Waals surface area contributed by atoms with E-state index in [4.69, 9.17) is 9.47 Å². The van der Waals surface area contributed by atoms with E-state index in [1.165, 1.54) is 9.75 Å². The van der Waals surface area contributed by atoms with Crippen LogP contribution >= 0.6 is 11.3 Å². The van der Waals surface area contributed by atoms with Crippen LogP contribution in [-0.2, 0) is 20.7 Å². The summed E-state index contributed by atoms with van der Waals surface area (Å²) in [5, 5.41) is 0. The zero-order valence-electron chi connectivity index (χ0n) is 9.21. The van der Waals surface area contributed by atoms with Gasteiger partial charge < -0.3 is 9.47 Å². The summed E-state index contributed by atoms with van der Waals surface area (Å²) in [4.78, 5) is 2.70. The molecule has 2 aliphatic heterocycles. The Bertz CT molecular complexity index is 340. The molecule has 82 valence electrons. The fourth-order valence-corrected chi connectivity index (χ4v) is 3.37. The van der Waals surface area contributed by atoms with Gasteiger partial charge in [-0.25, -0.2) is 0 Å². The molecule has 0 radical (unpaired) electrons. The van der Waals surface area contributed by atoms with E-state index in [1.807, 2.05) is 11.3 Å². The minimum atomic E-state index is -0.0109. The van der Waals surface area contributed by atoms with Gasteiger partial charge in [-0.1, -0.05) is 0 Å². The molecule has 0 N–H and O–H groups in total. The minimum Gasteiger partial charge on any atom is -0.370 e. The van der Waals surface area contributed by atoms with Gasteiger partial charge in [0.25, 0.3) is 0 Å². The molecule has 2 unspecified atom stereocenters. The van der Waals surface area contributed by atoms with Crippen LogP contribution < -0.4 is 0 Å². The normalized spacial score (nSPS) is 39.6. The number of hydrogen-bond donors (Lipinski definition) is 0. The summed E-state index contributed by atoms with van der Waals surface area (Å²) in [7, 11) is 0. The highest BCUT2D eigenvalue weighted by Crippen LogP contribution is 2.45. The Morgan fingerprint density at radius 3 is 1.67 bits per heavy atom. The first-order valence-corrected chi connectivity index (χ1v) is 6.33. The van der Waals surface area contributed by atoms with Gasteiger partial charge in [0.15, 0.2) is 0 Å². The molecule has 0 spiro atoms. The smallest absolute Gasteiger partial charge is 0.102 e. The molecule has 3 rings (SSSR count). The standard InChI is InChI=1S/C12H16O2S/c1-11(5-7-13-11)9-3-4-10(15-9)12(2)6-8-14-12/h3-4H,5-8H2,1-2H3. The average Bonchev–Trinajstić information content (AvgIpc) is 2.59. The maximum atomic E-state index is 5.65. The number of rotatable bonds is 2. The monoisotopic (exact) mass is 224 g/mol. The Kier molecular flexibility index (Phi) is 2.00. The summed E-state index contributed by atoms with van der Waals surface area (Å²) < 4.78 is 11.3.